The Morgan fingerprint density at radius 2 is 2.29 bits per heavy atom. The number of nitro benzene ring substituents is 1. The first-order valence-corrected chi connectivity index (χ1v) is 4.94. The van der Waals surface area contributed by atoms with Crippen molar-refractivity contribution in [2.24, 2.45) is 0 Å². The molecule has 0 saturated carbocycles. The lowest BCUT2D eigenvalue weighted by molar-refractivity contribution is -0.386. The highest BCUT2D eigenvalue weighted by molar-refractivity contribution is 6.31. The van der Waals surface area contributed by atoms with Gasteiger partial charge >= 0.3 is 5.69 Å². The van der Waals surface area contributed by atoms with Crippen molar-refractivity contribution in [1.82, 2.24) is 0 Å². The van der Waals surface area contributed by atoms with Gasteiger partial charge in [0.25, 0.3) is 0 Å². The van der Waals surface area contributed by atoms with Crippen LogP contribution in [-0.4, -0.2) is 23.7 Å². The average Bonchev–Trinajstić information content (AvgIpc) is 2.35. The zero-order valence-electron chi connectivity index (χ0n) is 8.77. The molecule has 0 aliphatic rings. The molecular formula is C10H7ClN2O4. The van der Waals surface area contributed by atoms with E-state index in [0.717, 1.165) is 0 Å². The molecule has 0 fully saturated rings. The van der Waals surface area contributed by atoms with Gasteiger partial charge in [-0.3, -0.25) is 14.9 Å². The molecule has 0 N–H and O–H groups in total. The lowest BCUT2D eigenvalue weighted by Crippen LogP contribution is -2.07. The molecule has 0 amide bonds. The summed E-state index contributed by atoms with van der Waals surface area (Å²) in [5, 5.41) is 19.6. The molecule has 0 spiro atoms. The molecule has 7 heteroatoms. The molecule has 6 nitrogen and oxygen atoms in total. The van der Waals surface area contributed by atoms with E-state index in [-0.39, 0.29) is 22.8 Å². The van der Waals surface area contributed by atoms with Crippen molar-refractivity contribution in [1.29, 1.82) is 5.26 Å². The molecule has 0 radical (unpaired) electrons. The molecule has 1 rings (SSSR count). The summed E-state index contributed by atoms with van der Waals surface area (Å²) < 4.78 is 4.83. The van der Waals surface area contributed by atoms with Crippen molar-refractivity contribution in [3.63, 3.8) is 0 Å². The number of nitrogens with zero attached hydrogens (tertiary/aromatic N) is 2. The van der Waals surface area contributed by atoms with Gasteiger partial charge in [-0.1, -0.05) is 0 Å². The van der Waals surface area contributed by atoms with E-state index in [1.807, 2.05) is 0 Å². The standard InChI is InChI=1S/C10H7ClN2O4/c1-17-10-7(8(14)4-11)3-2-6(5-12)9(10)13(15)16/h2-3H,4H2,1H3. The van der Waals surface area contributed by atoms with Crippen LogP contribution in [0.15, 0.2) is 12.1 Å². The van der Waals surface area contributed by atoms with Gasteiger partial charge in [-0.2, -0.15) is 5.26 Å². The lowest BCUT2D eigenvalue weighted by Gasteiger charge is -2.07. The molecule has 0 saturated heterocycles. The van der Waals surface area contributed by atoms with E-state index in [9.17, 15) is 14.9 Å². The van der Waals surface area contributed by atoms with E-state index >= 15 is 0 Å². The maximum Gasteiger partial charge on any atom is 0.329 e. The van der Waals surface area contributed by atoms with Crippen LogP contribution >= 0.6 is 11.6 Å². The second-order valence-electron chi connectivity index (χ2n) is 2.97. The van der Waals surface area contributed by atoms with Gasteiger partial charge in [0.05, 0.1) is 23.5 Å². The Morgan fingerprint density at radius 1 is 1.65 bits per heavy atom. The first kappa shape index (κ1) is 12.9. The molecule has 0 aromatic heterocycles. The number of halogens is 1. The fourth-order valence-electron chi connectivity index (χ4n) is 1.34. The summed E-state index contributed by atoms with van der Waals surface area (Å²) in [6.07, 6.45) is 0. The minimum Gasteiger partial charge on any atom is -0.490 e. The van der Waals surface area contributed by atoms with E-state index in [2.05, 4.69) is 0 Å². The quantitative estimate of drug-likeness (QED) is 0.354. The third kappa shape index (κ3) is 2.34. The number of rotatable bonds is 4. The van der Waals surface area contributed by atoms with Gasteiger partial charge in [-0.15, -0.1) is 11.6 Å². The molecule has 1 aromatic rings. The summed E-state index contributed by atoms with van der Waals surface area (Å²) >= 11 is 5.38. The number of hydrogen-bond donors (Lipinski definition) is 0. The molecule has 0 unspecified atom stereocenters. The van der Waals surface area contributed by atoms with Crippen molar-refractivity contribution in [2.45, 2.75) is 0 Å². The normalized spacial score (nSPS) is 9.47. The smallest absolute Gasteiger partial charge is 0.329 e. The van der Waals surface area contributed by atoms with Crippen molar-refractivity contribution in [3.8, 4) is 11.8 Å². The van der Waals surface area contributed by atoms with E-state index in [4.69, 9.17) is 21.6 Å². The van der Waals surface area contributed by atoms with Crippen LogP contribution in [0.5, 0.6) is 5.75 Å². The summed E-state index contributed by atoms with van der Waals surface area (Å²) in [7, 11) is 1.19. The van der Waals surface area contributed by atoms with Gasteiger partial charge in [-0.25, -0.2) is 0 Å². The summed E-state index contributed by atoms with van der Waals surface area (Å²) in [5.74, 6) is -1.06. The van der Waals surface area contributed by atoms with Crippen LogP contribution in [0.2, 0.25) is 0 Å². The zero-order valence-corrected chi connectivity index (χ0v) is 9.52. The maximum absolute atomic E-state index is 11.5. The summed E-state index contributed by atoms with van der Waals surface area (Å²) in [6.45, 7) is 0. The molecule has 88 valence electrons. The molecule has 1 aromatic carbocycles. The van der Waals surface area contributed by atoms with Gasteiger partial charge < -0.3 is 4.74 Å². The zero-order chi connectivity index (χ0) is 13.0. The maximum atomic E-state index is 11.5. The molecule has 17 heavy (non-hydrogen) atoms. The largest absolute Gasteiger partial charge is 0.490 e. The number of nitro groups is 1. The van der Waals surface area contributed by atoms with Crippen molar-refractivity contribution in [3.05, 3.63) is 33.4 Å². The Bertz CT molecular complexity index is 522. The predicted molar refractivity (Wildman–Crippen MR) is 59.4 cm³/mol. The molecule has 0 aliphatic carbocycles. The first-order valence-electron chi connectivity index (χ1n) is 4.41. The number of ether oxygens (including phenoxy) is 1. The SMILES string of the molecule is COc1c(C(=O)CCl)ccc(C#N)c1[N+](=O)[O-]. The van der Waals surface area contributed by atoms with Crippen molar-refractivity contribution >= 4 is 23.1 Å². The molecule has 0 aliphatic heterocycles. The third-order valence-electron chi connectivity index (χ3n) is 2.06. The number of carbonyl (C=O) groups excluding carboxylic acids is 1. The van der Waals surface area contributed by atoms with Gasteiger partial charge in [0.15, 0.2) is 5.78 Å². The van der Waals surface area contributed by atoms with Gasteiger partial charge in [0.1, 0.15) is 11.6 Å². The van der Waals surface area contributed by atoms with Crippen LogP contribution in [0.4, 0.5) is 5.69 Å². The van der Waals surface area contributed by atoms with Crippen molar-refractivity contribution in [2.75, 3.05) is 13.0 Å². The van der Waals surface area contributed by atoms with Crippen LogP contribution in [-0.2, 0) is 0 Å². The Kier molecular flexibility index (Phi) is 4.01. The van der Waals surface area contributed by atoms with Crippen LogP contribution in [0, 0.1) is 21.4 Å². The van der Waals surface area contributed by atoms with Gasteiger partial charge in [0.2, 0.25) is 5.75 Å². The Balaban J connectivity index is 3.59. The monoisotopic (exact) mass is 254 g/mol. The van der Waals surface area contributed by atoms with Gasteiger partial charge in [-0.05, 0) is 12.1 Å². The van der Waals surface area contributed by atoms with E-state index in [1.165, 1.54) is 19.2 Å². The highest BCUT2D eigenvalue weighted by Gasteiger charge is 2.26. The Morgan fingerprint density at radius 3 is 2.71 bits per heavy atom. The molecule has 0 bridgehead atoms. The summed E-state index contributed by atoms with van der Waals surface area (Å²) in [5.41, 5.74) is -0.697. The fourth-order valence-corrected chi connectivity index (χ4v) is 1.48. The first-order chi connectivity index (χ1) is 8.06. The third-order valence-corrected chi connectivity index (χ3v) is 2.30. The molecule has 0 atom stereocenters. The highest BCUT2D eigenvalue weighted by Crippen LogP contribution is 2.34. The molecule has 0 heterocycles. The lowest BCUT2D eigenvalue weighted by atomic mass is 10.1. The van der Waals surface area contributed by atoms with Crippen LogP contribution in [0.1, 0.15) is 15.9 Å². The number of benzene rings is 1. The fraction of sp³-hybridized carbons (Fsp3) is 0.200. The number of hydrogen-bond acceptors (Lipinski definition) is 5. The summed E-state index contributed by atoms with van der Waals surface area (Å²) in [6, 6.07) is 4.15. The van der Waals surface area contributed by atoms with Crippen LogP contribution in [0.25, 0.3) is 0 Å². The van der Waals surface area contributed by atoms with E-state index in [0.29, 0.717) is 0 Å². The number of methoxy groups -OCH3 is 1. The predicted octanol–water partition coefficient (Wildman–Crippen LogP) is 1.90. The van der Waals surface area contributed by atoms with E-state index in [1.54, 1.807) is 6.07 Å². The Labute approximate surface area is 102 Å². The second-order valence-corrected chi connectivity index (χ2v) is 3.24. The number of nitriles is 1. The average molecular weight is 255 g/mol. The van der Waals surface area contributed by atoms with Crippen molar-refractivity contribution < 1.29 is 14.5 Å². The number of ketones is 1. The summed E-state index contributed by atoms with van der Waals surface area (Å²) in [4.78, 5) is 21.5. The molecular weight excluding hydrogens is 248 g/mol. The topological polar surface area (TPSA) is 93.2 Å². The number of carbonyl (C=O) groups is 1. The van der Waals surface area contributed by atoms with Crippen LogP contribution < -0.4 is 4.74 Å². The second kappa shape index (κ2) is 5.27. The minimum absolute atomic E-state index is 0.00630. The number of Topliss-reactive ketones (excluding diaryl/α,β-unsaturated/α-hetero) is 1. The minimum atomic E-state index is -0.762. The Hall–Kier alpha value is -2.13. The van der Waals surface area contributed by atoms with Crippen LogP contribution in [0.3, 0.4) is 0 Å². The van der Waals surface area contributed by atoms with Gasteiger partial charge in [0, 0.05) is 0 Å². The van der Waals surface area contributed by atoms with E-state index < -0.39 is 16.4 Å². The highest BCUT2D eigenvalue weighted by atomic mass is 35.5. The number of alkyl halides is 1.